The van der Waals surface area contributed by atoms with E-state index in [1.165, 1.54) is 4.90 Å². The standard InChI is InChI=1S/C32H43N3O7/c1-6-8-14-24(37)41-20-22(21-12-10-9-11-13-21)33-28(38)25-23-15-16-32(42-23)26(25)29(39)34(18-19-36)27(32)30(40)35(17-7-2)31(3,4)5/h6-7,9-13,22-23,25-27,36H,1-2,8,14-20H2,3-5H3,(H,33,38)/t22-,23-,25+,26+,27-,32+/m1/s1. The Kier molecular flexibility index (Phi) is 9.57. The number of fused-ring (bicyclic) bond motifs is 1. The number of carbonyl (C=O) groups is 4. The molecule has 1 aromatic rings. The number of β-amino-alcohol motifs (C(OH)–C–C–N with tert-alkyl or cyclic N) is 1. The van der Waals surface area contributed by atoms with Crippen molar-refractivity contribution >= 4 is 23.7 Å². The van der Waals surface area contributed by atoms with Crippen LogP contribution in [0.2, 0.25) is 0 Å². The molecule has 10 nitrogen and oxygen atoms in total. The minimum absolute atomic E-state index is 0.0464. The smallest absolute Gasteiger partial charge is 0.306 e. The summed E-state index contributed by atoms with van der Waals surface area (Å²) in [5.41, 5.74) is -0.993. The van der Waals surface area contributed by atoms with E-state index in [4.69, 9.17) is 9.47 Å². The molecule has 2 N–H and O–H groups in total. The lowest BCUT2D eigenvalue weighted by Crippen LogP contribution is -2.60. The van der Waals surface area contributed by atoms with Gasteiger partial charge in [0.1, 0.15) is 18.2 Å². The van der Waals surface area contributed by atoms with E-state index in [9.17, 15) is 24.3 Å². The number of nitrogens with one attached hydrogen (secondary N) is 1. The number of esters is 1. The molecule has 3 saturated heterocycles. The molecule has 3 fully saturated rings. The molecule has 42 heavy (non-hydrogen) atoms. The SMILES string of the molecule is C=CCCC(=O)OC[C@@H](NC(=O)[C@@H]1[C@H]2C(=O)N(CCO)[C@H](C(=O)N(CC=C)C(C)(C)C)[C@]23CC[C@H]1O3)c1ccccc1. The van der Waals surface area contributed by atoms with Crippen LogP contribution in [0, 0.1) is 11.8 Å². The van der Waals surface area contributed by atoms with Gasteiger partial charge in [-0.1, -0.05) is 42.5 Å². The van der Waals surface area contributed by atoms with Gasteiger partial charge in [0, 0.05) is 25.0 Å². The molecule has 0 radical (unpaired) electrons. The Hall–Kier alpha value is -3.50. The number of rotatable bonds is 13. The summed E-state index contributed by atoms with van der Waals surface area (Å²) in [6.45, 7) is 13.0. The lowest BCUT2D eigenvalue weighted by Gasteiger charge is -2.41. The zero-order valence-corrected chi connectivity index (χ0v) is 24.8. The van der Waals surface area contributed by atoms with Gasteiger partial charge in [-0.3, -0.25) is 19.2 Å². The topological polar surface area (TPSA) is 125 Å². The number of aliphatic hydroxyl groups is 1. The second kappa shape index (κ2) is 12.8. The van der Waals surface area contributed by atoms with Gasteiger partial charge in [-0.05, 0) is 45.6 Å². The number of amides is 3. The van der Waals surface area contributed by atoms with Gasteiger partial charge in [-0.2, -0.15) is 0 Å². The zero-order valence-electron chi connectivity index (χ0n) is 24.8. The number of likely N-dealkylation sites (tertiary alicyclic amines) is 1. The predicted octanol–water partition coefficient (Wildman–Crippen LogP) is 2.53. The van der Waals surface area contributed by atoms with Crippen LogP contribution in [0.15, 0.2) is 55.6 Å². The summed E-state index contributed by atoms with van der Waals surface area (Å²) >= 11 is 0. The highest BCUT2D eigenvalue weighted by atomic mass is 16.5. The first-order valence-corrected chi connectivity index (χ1v) is 14.6. The Balaban J connectivity index is 1.62. The highest BCUT2D eigenvalue weighted by molar-refractivity contribution is 5.99. The summed E-state index contributed by atoms with van der Waals surface area (Å²) < 4.78 is 12.0. The number of allylic oxidation sites excluding steroid dienone is 1. The zero-order chi connectivity index (χ0) is 30.7. The predicted molar refractivity (Wildman–Crippen MR) is 156 cm³/mol. The molecule has 3 aliphatic heterocycles. The molecule has 6 atom stereocenters. The van der Waals surface area contributed by atoms with Crippen molar-refractivity contribution in [3.05, 3.63) is 61.2 Å². The van der Waals surface area contributed by atoms with E-state index in [0.29, 0.717) is 19.3 Å². The van der Waals surface area contributed by atoms with Crippen molar-refractivity contribution in [2.45, 2.75) is 75.8 Å². The van der Waals surface area contributed by atoms with E-state index >= 15 is 0 Å². The molecule has 0 aliphatic carbocycles. The van der Waals surface area contributed by atoms with Crippen molar-refractivity contribution in [1.29, 1.82) is 0 Å². The van der Waals surface area contributed by atoms with Gasteiger partial charge in [-0.25, -0.2) is 0 Å². The van der Waals surface area contributed by atoms with Gasteiger partial charge in [0.05, 0.1) is 30.6 Å². The van der Waals surface area contributed by atoms with E-state index in [0.717, 1.165) is 5.56 Å². The molecule has 0 aromatic heterocycles. The first kappa shape index (κ1) is 31.4. The number of ether oxygens (including phenoxy) is 2. The summed E-state index contributed by atoms with van der Waals surface area (Å²) in [6, 6.07) is 7.56. The molecule has 1 aromatic carbocycles. The maximum absolute atomic E-state index is 14.2. The summed E-state index contributed by atoms with van der Waals surface area (Å²) in [5.74, 6) is -3.18. The van der Waals surface area contributed by atoms with Crippen LogP contribution >= 0.6 is 0 Å². The Morgan fingerprint density at radius 1 is 1.24 bits per heavy atom. The van der Waals surface area contributed by atoms with E-state index in [-0.39, 0.29) is 44.5 Å². The average Bonchev–Trinajstić information content (AvgIpc) is 3.60. The van der Waals surface area contributed by atoms with Gasteiger partial charge < -0.3 is 29.7 Å². The minimum Gasteiger partial charge on any atom is -0.463 e. The van der Waals surface area contributed by atoms with Crippen molar-refractivity contribution in [3.8, 4) is 0 Å². The van der Waals surface area contributed by atoms with Gasteiger partial charge in [0.2, 0.25) is 17.7 Å². The van der Waals surface area contributed by atoms with Crippen LogP contribution in [0.5, 0.6) is 0 Å². The number of hydrogen-bond acceptors (Lipinski definition) is 7. The van der Waals surface area contributed by atoms with E-state index in [1.54, 1.807) is 17.1 Å². The minimum atomic E-state index is -1.18. The van der Waals surface area contributed by atoms with Gasteiger partial charge in [0.15, 0.2) is 0 Å². The number of benzene rings is 1. The molecule has 4 rings (SSSR count). The fourth-order valence-electron chi connectivity index (χ4n) is 6.69. The average molecular weight is 582 g/mol. The summed E-state index contributed by atoms with van der Waals surface area (Å²) in [4.78, 5) is 57.4. The van der Waals surface area contributed by atoms with Crippen LogP contribution in [0.25, 0.3) is 0 Å². The number of carbonyl (C=O) groups excluding carboxylic acids is 4. The van der Waals surface area contributed by atoms with Gasteiger partial charge in [-0.15, -0.1) is 13.2 Å². The Morgan fingerprint density at radius 2 is 1.95 bits per heavy atom. The van der Waals surface area contributed by atoms with Crippen LogP contribution in [0.4, 0.5) is 0 Å². The number of aliphatic hydroxyl groups excluding tert-OH is 1. The van der Waals surface area contributed by atoms with E-state index in [2.05, 4.69) is 18.5 Å². The quantitative estimate of drug-likeness (QED) is 0.271. The molecule has 10 heteroatoms. The van der Waals surface area contributed by atoms with Crippen molar-refractivity contribution in [3.63, 3.8) is 0 Å². The highest BCUT2D eigenvalue weighted by Crippen LogP contribution is 2.58. The summed E-state index contributed by atoms with van der Waals surface area (Å²) in [7, 11) is 0. The molecule has 3 amide bonds. The second-order valence-corrected chi connectivity index (χ2v) is 12.2. The molecule has 0 unspecified atom stereocenters. The monoisotopic (exact) mass is 581 g/mol. The van der Waals surface area contributed by atoms with Crippen LogP contribution in [0.3, 0.4) is 0 Å². The summed E-state index contributed by atoms with van der Waals surface area (Å²) in [5, 5.41) is 12.9. The van der Waals surface area contributed by atoms with Crippen LogP contribution in [-0.4, -0.2) is 88.2 Å². The van der Waals surface area contributed by atoms with Gasteiger partial charge in [0.25, 0.3) is 0 Å². The third kappa shape index (κ3) is 5.87. The van der Waals surface area contributed by atoms with Crippen LogP contribution in [-0.2, 0) is 28.7 Å². The Morgan fingerprint density at radius 3 is 2.57 bits per heavy atom. The highest BCUT2D eigenvalue weighted by Gasteiger charge is 2.74. The third-order valence-corrected chi connectivity index (χ3v) is 8.55. The van der Waals surface area contributed by atoms with Crippen molar-refractivity contribution in [1.82, 2.24) is 15.1 Å². The normalized spacial score (nSPS) is 26.9. The van der Waals surface area contributed by atoms with Crippen molar-refractivity contribution in [2.75, 3.05) is 26.3 Å². The molecule has 2 bridgehead atoms. The first-order chi connectivity index (χ1) is 20.0. The summed E-state index contributed by atoms with van der Waals surface area (Å²) in [6.07, 6.45) is 4.37. The fourth-order valence-corrected chi connectivity index (χ4v) is 6.69. The lowest BCUT2D eigenvalue weighted by atomic mass is 9.70. The maximum Gasteiger partial charge on any atom is 0.306 e. The largest absolute Gasteiger partial charge is 0.463 e. The molecule has 1 spiro atoms. The maximum atomic E-state index is 14.2. The molecule has 3 aliphatic rings. The molecular weight excluding hydrogens is 538 g/mol. The van der Waals surface area contributed by atoms with Crippen LogP contribution in [0.1, 0.15) is 58.1 Å². The Labute approximate surface area is 247 Å². The van der Waals surface area contributed by atoms with E-state index < -0.39 is 53.0 Å². The van der Waals surface area contributed by atoms with Gasteiger partial charge >= 0.3 is 5.97 Å². The lowest BCUT2D eigenvalue weighted by molar-refractivity contribution is -0.152. The molecular formula is C32H43N3O7. The molecule has 228 valence electrons. The number of nitrogens with zero attached hydrogens (tertiary/aromatic N) is 2. The van der Waals surface area contributed by atoms with Crippen LogP contribution < -0.4 is 5.32 Å². The third-order valence-electron chi connectivity index (χ3n) is 8.55. The number of hydrogen-bond donors (Lipinski definition) is 2. The van der Waals surface area contributed by atoms with Crippen molar-refractivity contribution in [2.24, 2.45) is 11.8 Å². The van der Waals surface area contributed by atoms with E-state index in [1.807, 2.05) is 51.1 Å². The first-order valence-electron chi connectivity index (χ1n) is 14.6. The molecule has 0 saturated carbocycles. The Bertz CT molecular complexity index is 1200. The fraction of sp³-hybridized carbons (Fsp3) is 0.562. The second-order valence-electron chi connectivity index (χ2n) is 12.2. The van der Waals surface area contributed by atoms with Crippen molar-refractivity contribution < 1.29 is 33.8 Å². The molecule has 3 heterocycles.